The van der Waals surface area contributed by atoms with Crippen molar-refractivity contribution in [1.82, 2.24) is 0 Å². The van der Waals surface area contributed by atoms with E-state index in [4.69, 9.17) is 46.2 Å². The summed E-state index contributed by atoms with van der Waals surface area (Å²) in [6, 6.07) is 2.03. The van der Waals surface area contributed by atoms with E-state index in [9.17, 15) is 57.9 Å². The van der Waals surface area contributed by atoms with Gasteiger partial charge in [-0.05, 0) is 101 Å². The number of rotatable bonds is 59. The Morgan fingerprint density at radius 2 is 0.890 bits per heavy atom. The van der Waals surface area contributed by atoms with Crippen molar-refractivity contribution in [2.24, 2.45) is 27.6 Å². The maximum absolute atomic E-state index is 14.0. The van der Waals surface area contributed by atoms with E-state index < -0.39 is 119 Å². The Bertz CT molecular complexity index is 2870. The maximum Gasteiger partial charge on any atom is 1.00 e. The first kappa shape index (κ1) is 101. The number of ether oxygens (including phenoxy) is 5. The van der Waals surface area contributed by atoms with Crippen LogP contribution in [0.4, 0.5) is 0 Å². The van der Waals surface area contributed by atoms with Gasteiger partial charge in [0.15, 0.2) is 23.8 Å². The number of ketones is 2. The molecule has 4 aliphatic carbocycles. The van der Waals surface area contributed by atoms with Crippen LogP contribution in [0.5, 0.6) is 0 Å². The zero-order valence-corrected chi connectivity index (χ0v) is 74.7. The van der Waals surface area contributed by atoms with Crippen molar-refractivity contribution in [3.63, 3.8) is 0 Å². The predicted octanol–water partition coefficient (Wildman–Crippen LogP) is 12.8. The molecule has 5 aliphatic rings. The van der Waals surface area contributed by atoms with Crippen molar-refractivity contribution in [3.05, 3.63) is 47.6 Å². The number of phosphoric ester groups is 2. The van der Waals surface area contributed by atoms with Crippen molar-refractivity contribution in [2.45, 2.75) is 374 Å². The Kier molecular flexibility index (Phi) is 48.8. The molecule has 614 valence electrons. The third-order valence-corrected chi connectivity index (χ3v) is 25.1. The number of unbranched alkanes of at least 4 members (excludes halogenated alkanes) is 32. The number of aliphatic hydroxyl groups is 2. The molecule has 1 saturated heterocycles. The van der Waals surface area contributed by atoms with Crippen LogP contribution in [0.25, 0.3) is 0 Å². The monoisotopic (exact) mass is 1590 g/mol. The molecule has 26 heteroatoms. The molecule has 1 aliphatic heterocycles. The van der Waals surface area contributed by atoms with Gasteiger partial charge >= 0.3 is 83.0 Å². The molecule has 3 fully saturated rings. The first-order chi connectivity index (χ1) is 51.1. The van der Waals surface area contributed by atoms with Gasteiger partial charge in [-0.15, -0.1) is 0 Å². The molecule has 11 atom stereocenters. The van der Waals surface area contributed by atoms with E-state index in [0.29, 0.717) is 31.3 Å². The standard InChI is InChI=1S/C57H110O17P2.C26H30O5.2Na/c1-5-9-13-17-21-25-29-33-37-41-54(59)67-47-52(73-56(61)43-39-35-31-27-23-19-15-11-7-3)49-71-75(63,64)69-45-51(58)46-70-76(65,66)72-50-53(74-57(62)44-40-36-32-28-24-20-16-12-8-4)48-68-55(60)42-38-34-30-26-22-18-14-10-6-2;1-22(2)17(27)7-9-23(3)16-6-10-24(4)15(14-8-11-30-13-14)12-18-26(24,31-18)25(16,5)21(29)19(28)20(22)23;;/h51-53,58H,5-50H2,1-4H3,(H,63,64)(H,65,66);7-9,11,13,15-16,18,28H,6,10,12H2,1-5H3;;/q;;2*+1/p-2. The molecule has 1 aromatic heterocycles. The van der Waals surface area contributed by atoms with Crippen LogP contribution in [-0.4, -0.2) is 115 Å². The molecule has 109 heavy (non-hydrogen) atoms. The fourth-order valence-electron chi connectivity index (χ4n) is 17.2. The Labute approximate surface area is 698 Å². The van der Waals surface area contributed by atoms with Gasteiger partial charge in [-0.3, -0.25) is 37.9 Å². The zero-order valence-electron chi connectivity index (χ0n) is 69.0. The summed E-state index contributed by atoms with van der Waals surface area (Å²) in [6.45, 7) is 14.4. The van der Waals surface area contributed by atoms with Crippen LogP contribution >= 0.6 is 15.6 Å². The summed E-state index contributed by atoms with van der Waals surface area (Å²) in [5.74, 6) is -2.55. The molecule has 0 radical (unpaired) electrons. The molecule has 11 unspecified atom stereocenters. The number of epoxide rings is 1. The predicted molar refractivity (Wildman–Crippen MR) is 407 cm³/mol. The minimum absolute atomic E-state index is 0. The second kappa shape index (κ2) is 52.6. The summed E-state index contributed by atoms with van der Waals surface area (Å²) in [7, 11) is -10.4. The van der Waals surface area contributed by atoms with E-state index in [2.05, 4.69) is 41.5 Å². The number of phosphoric acid groups is 2. The fourth-order valence-corrected chi connectivity index (χ4v) is 18.7. The molecule has 1 spiro atoms. The van der Waals surface area contributed by atoms with Gasteiger partial charge in [-0.25, -0.2) is 0 Å². The molecule has 2 N–H and O–H groups in total. The van der Waals surface area contributed by atoms with Gasteiger partial charge in [0, 0.05) is 36.5 Å². The van der Waals surface area contributed by atoms with Crippen molar-refractivity contribution in [2.75, 3.05) is 39.6 Å². The van der Waals surface area contributed by atoms with Crippen molar-refractivity contribution < 1.29 is 163 Å². The van der Waals surface area contributed by atoms with Crippen molar-refractivity contribution in [1.29, 1.82) is 0 Å². The zero-order chi connectivity index (χ0) is 78.4. The van der Waals surface area contributed by atoms with Crippen molar-refractivity contribution in [3.8, 4) is 0 Å². The Morgan fingerprint density at radius 1 is 0.532 bits per heavy atom. The van der Waals surface area contributed by atoms with Gasteiger partial charge in [0.05, 0.1) is 55.9 Å². The summed E-state index contributed by atoms with van der Waals surface area (Å²) < 4.78 is 78.5. The first-order valence-corrected chi connectivity index (χ1v) is 44.6. The number of hydrogen-bond acceptors (Lipinski definition) is 22. The number of furan rings is 1. The molecule has 22 nitrogen and oxygen atoms in total. The van der Waals surface area contributed by atoms with Crippen LogP contribution in [0, 0.1) is 27.6 Å². The molecular formula is C83H138Na2O22P2. The van der Waals surface area contributed by atoms with Gasteiger partial charge in [0.1, 0.15) is 24.9 Å². The average Bonchev–Trinajstić information content (AvgIpc) is 1.46. The minimum atomic E-state index is -5.20. The third-order valence-electron chi connectivity index (χ3n) is 23.2. The molecule has 2 heterocycles. The number of allylic oxidation sites excluding steroid dienone is 4. The van der Waals surface area contributed by atoms with E-state index in [-0.39, 0.29) is 125 Å². The molecule has 2 saturated carbocycles. The largest absolute Gasteiger partial charge is 1.00 e. The summed E-state index contributed by atoms with van der Waals surface area (Å²) in [6.07, 6.45) is 44.0. The fraction of sp³-hybridized carbons (Fsp3) is 0.831. The van der Waals surface area contributed by atoms with Gasteiger partial charge in [0.2, 0.25) is 5.78 Å². The number of carbonyl (C=O) groups excluding carboxylic acids is 6. The number of Topliss-reactive ketones (excluding diaryl/α,β-unsaturated/α-hetero) is 1. The van der Waals surface area contributed by atoms with Crippen molar-refractivity contribution >= 4 is 51.1 Å². The maximum atomic E-state index is 14.0. The summed E-state index contributed by atoms with van der Waals surface area (Å²) >= 11 is 0. The molecular weight excluding hydrogens is 1460 g/mol. The number of carbonyl (C=O) groups is 6. The van der Waals surface area contributed by atoms with Gasteiger partial charge in [-0.1, -0.05) is 253 Å². The topological polar surface area (TPSA) is 323 Å². The van der Waals surface area contributed by atoms with Gasteiger partial charge in [0.25, 0.3) is 15.6 Å². The summed E-state index contributed by atoms with van der Waals surface area (Å²) in [5.41, 5.74) is -1.40. The van der Waals surface area contributed by atoms with Crippen LogP contribution in [-0.2, 0) is 79.7 Å². The average molecular weight is 1600 g/mol. The number of aliphatic hydroxyl groups excluding tert-OH is 2. The second-order valence-electron chi connectivity index (χ2n) is 32.2. The summed E-state index contributed by atoms with van der Waals surface area (Å²) in [5, 5.41) is 21.8. The Morgan fingerprint density at radius 3 is 1.26 bits per heavy atom. The van der Waals surface area contributed by atoms with Crippen LogP contribution in [0.3, 0.4) is 0 Å². The SMILES string of the molecule is CC1(C)C(=O)C=CC2(C)C1=C(O)C(=O)C1(C)C2CCC2(C)C(c3ccoc3)CC3OC321.CCCCCCCCCCCC(=O)OCC(COP(=O)([O-])OCC(O)COP(=O)([O-])OCC(COC(=O)CCCCCCCCCCC)OC(=O)CCCCCCCCCCC)OC(=O)CCCCCCCCCCC.[Na+].[Na+]. The molecule has 1 aromatic rings. The normalized spacial score (nSPS) is 24.1. The van der Waals surface area contributed by atoms with Crippen LogP contribution in [0.15, 0.2) is 46.5 Å². The third kappa shape index (κ3) is 32.4. The van der Waals surface area contributed by atoms with Gasteiger partial charge < -0.3 is 66.2 Å². The second-order valence-corrected chi connectivity index (χ2v) is 35.0. The first-order valence-electron chi connectivity index (χ1n) is 41.6. The number of esters is 4. The molecule has 0 bridgehead atoms. The van der Waals surface area contributed by atoms with E-state index in [1.54, 1.807) is 12.3 Å². The van der Waals surface area contributed by atoms with Crippen LogP contribution < -0.4 is 68.9 Å². The molecule has 0 amide bonds. The smallest absolute Gasteiger partial charge is 0.756 e. The van der Waals surface area contributed by atoms with E-state index >= 15 is 0 Å². The van der Waals surface area contributed by atoms with Gasteiger partial charge in [-0.2, -0.15) is 0 Å². The molecule has 0 aromatic carbocycles. The Hall–Kier alpha value is -2.08. The number of fused-ring (bicyclic) bond motifs is 3. The van der Waals surface area contributed by atoms with E-state index in [1.807, 2.05) is 39.2 Å². The number of hydrogen-bond donors (Lipinski definition) is 2. The summed E-state index contributed by atoms with van der Waals surface area (Å²) in [4.78, 5) is 103. The van der Waals surface area contributed by atoms with E-state index in [1.165, 1.54) is 108 Å². The van der Waals surface area contributed by atoms with Crippen LogP contribution in [0.2, 0.25) is 0 Å². The molecule has 6 rings (SSSR count). The quantitative estimate of drug-likeness (QED) is 0.0153. The van der Waals surface area contributed by atoms with E-state index in [0.717, 1.165) is 122 Å². The van der Waals surface area contributed by atoms with Crippen LogP contribution in [0.1, 0.15) is 350 Å². The Balaban J connectivity index is 0.000000759. The minimum Gasteiger partial charge on any atom is -0.756 e.